The van der Waals surface area contributed by atoms with Crippen LogP contribution in [0, 0.1) is 11.3 Å². The molecule has 2 heteroatoms. The van der Waals surface area contributed by atoms with E-state index in [-0.39, 0.29) is 0 Å². The molecule has 1 saturated carbocycles. The van der Waals surface area contributed by atoms with E-state index in [4.69, 9.17) is 11.5 Å². The van der Waals surface area contributed by atoms with Crippen molar-refractivity contribution in [1.82, 2.24) is 0 Å². The van der Waals surface area contributed by atoms with Crippen LogP contribution in [-0.2, 0) is 0 Å². The van der Waals surface area contributed by atoms with Crippen LogP contribution in [0.15, 0.2) is 11.6 Å². The van der Waals surface area contributed by atoms with Gasteiger partial charge in [0.05, 0.1) is 0 Å². The number of rotatable bonds is 5. The van der Waals surface area contributed by atoms with E-state index in [1.165, 1.54) is 64.2 Å². The molecule has 0 aliphatic heterocycles. The second kappa shape index (κ2) is 6.72. The van der Waals surface area contributed by atoms with Gasteiger partial charge < -0.3 is 11.5 Å². The summed E-state index contributed by atoms with van der Waals surface area (Å²) in [5.74, 6) is 0.613. The summed E-state index contributed by atoms with van der Waals surface area (Å²) in [6.45, 7) is 1.65. The third kappa shape index (κ3) is 2.97. The number of hydrogen-bond donors (Lipinski definition) is 2. The van der Waals surface area contributed by atoms with Crippen molar-refractivity contribution >= 4 is 0 Å². The monoisotopic (exact) mass is 250 g/mol. The lowest BCUT2D eigenvalue weighted by Gasteiger charge is -2.45. The lowest BCUT2D eigenvalue weighted by Crippen LogP contribution is -2.40. The first-order valence-corrected chi connectivity index (χ1v) is 7.91. The molecule has 2 rings (SSSR count). The van der Waals surface area contributed by atoms with Crippen LogP contribution in [0.2, 0.25) is 0 Å². The third-order valence-corrected chi connectivity index (χ3v) is 5.24. The largest absolute Gasteiger partial charge is 0.330 e. The molecule has 0 bridgehead atoms. The van der Waals surface area contributed by atoms with Crippen molar-refractivity contribution in [2.45, 2.75) is 64.2 Å². The minimum absolute atomic E-state index is 0.435. The summed E-state index contributed by atoms with van der Waals surface area (Å²) < 4.78 is 0. The zero-order chi connectivity index (χ0) is 12.8. The Morgan fingerprint density at radius 2 is 1.83 bits per heavy atom. The Bertz CT molecular complexity index is 271. The standard InChI is InChI=1S/C16H30N2/c17-12-11-16(9-5-2-6-10-16)15(13-18)14-7-3-1-4-8-14/h7,15H,1-6,8-13,17-18H2. The molecule has 4 N–H and O–H groups in total. The van der Waals surface area contributed by atoms with Crippen LogP contribution in [-0.4, -0.2) is 13.1 Å². The fraction of sp³-hybridized carbons (Fsp3) is 0.875. The Morgan fingerprint density at radius 1 is 1.06 bits per heavy atom. The van der Waals surface area contributed by atoms with Gasteiger partial charge in [0.25, 0.3) is 0 Å². The molecule has 0 spiro atoms. The predicted octanol–water partition coefficient (Wildman–Crippen LogP) is 3.36. The second-order valence-electron chi connectivity index (χ2n) is 6.27. The van der Waals surface area contributed by atoms with Crippen molar-refractivity contribution in [3.8, 4) is 0 Å². The lowest BCUT2D eigenvalue weighted by molar-refractivity contribution is 0.109. The fourth-order valence-electron chi connectivity index (χ4n) is 4.29. The summed E-state index contributed by atoms with van der Waals surface area (Å²) in [4.78, 5) is 0. The highest BCUT2D eigenvalue weighted by molar-refractivity contribution is 5.15. The van der Waals surface area contributed by atoms with Crippen LogP contribution in [0.5, 0.6) is 0 Å². The molecule has 1 unspecified atom stereocenters. The Balaban J connectivity index is 2.17. The Kier molecular flexibility index (Phi) is 5.25. The van der Waals surface area contributed by atoms with Gasteiger partial charge in [-0.2, -0.15) is 0 Å². The molecule has 0 amide bonds. The maximum atomic E-state index is 6.17. The molecule has 104 valence electrons. The van der Waals surface area contributed by atoms with E-state index >= 15 is 0 Å². The van der Waals surface area contributed by atoms with E-state index in [0.717, 1.165) is 13.1 Å². The fourth-order valence-corrected chi connectivity index (χ4v) is 4.29. The Hall–Kier alpha value is -0.340. The summed E-state index contributed by atoms with van der Waals surface area (Å²) in [6, 6.07) is 0. The maximum Gasteiger partial charge on any atom is -0.000614 e. The molecule has 0 aromatic carbocycles. The topological polar surface area (TPSA) is 52.0 Å². The summed E-state index contributed by atoms with van der Waals surface area (Å²) in [5.41, 5.74) is 14.2. The van der Waals surface area contributed by atoms with Crippen LogP contribution in [0.1, 0.15) is 64.2 Å². The Morgan fingerprint density at radius 3 is 2.39 bits per heavy atom. The second-order valence-corrected chi connectivity index (χ2v) is 6.27. The molecule has 2 aliphatic carbocycles. The molecule has 0 radical (unpaired) electrons. The molecule has 0 aromatic rings. The molecule has 2 nitrogen and oxygen atoms in total. The highest BCUT2D eigenvalue weighted by Crippen LogP contribution is 2.48. The van der Waals surface area contributed by atoms with E-state index < -0.39 is 0 Å². The quantitative estimate of drug-likeness (QED) is 0.735. The first-order chi connectivity index (χ1) is 8.82. The van der Waals surface area contributed by atoms with Crippen LogP contribution < -0.4 is 11.5 Å². The summed E-state index contributed by atoms with van der Waals surface area (Å²) in [6.07, 6.45) is 15.8. The maximum absolute atomic E-state index is 6.17. The number of nitrogens with two attached hydrogens (primary N) is 2. The summed E-state index contributed by atoms with van der Waals surface area (Å²) in [5, 5.41) is 0. The molecule has 18 heavy (non-hydrogen) atoms. The average Bonchev–Trinajstić information content (AvgIpc) is 2.42. The zero-order valence-electron chi connectivity index (χ0n) is 11.8. The number of allylic oxidation sites excluding steroid dienone is 1. The van der Waals surface area contributed by atoms with E-state index in [9.17, 15) is 0 Å². The number of hydrogen-bond acceptors (Lipinski definition) is 2. The van der Waals surface area contributed by atoms with E-state index in [1.54, 1.807) is 5.57 Å². The average molecular weight is 250 g/mol. The van der Waals surface area contributed by atoms with Gasteiger partial charge in [-0.25, -0.2) is 0 Å². The third-order valence-electron chi connectivity index (χ3n) is 5.24. The van der Waals surface area contributed by atoms with Gasteiger partial charge in [-0.3, -0.25) is 0 Å². The van der Waals surface area contributed by atoms with Gasteiger partial charge in [-0.1, -0.05) is 30.9 Å². The minimum atomic E-state index is 0.435. The first kappa shape index (κ1) is 14.1. The molecule has 2 aliphatic rings. The van der Waals surface area contributed by atoms with Crippen LogP contribution in [0.25, 0.3) is 0 Å². The van der Waals surface area contributed by atoms with Gasteiger partial charge in [-0.05, 0) is 69.4 Å². The molecule has 1 atom stereocenters. The van der Waals surface area contributed by atoms with Crippen molar-refractivity contribution < 1.29 is 0 Å². The van der Waals surface area contributed by atoms with Crippen molar-refractivity contribution in [2.75, 3.05) is 13.1 Å². The molecule has 0 aromatic heterocycles. The van der Waals surface area contributed by atoms with Crippen molar-refractivity contribution in [2.24, 2.45) is 22.8 Å². The van der Waals surface area contributed by atoms with Crippen molar-refractivity contribution in [3.05, 3.63) is 11.6 Å². The smallest absolute Gasteiger partial charge is 0.000614 e. The minimum Gasteiger partial charge on any atom is -0.330 e. The van der Waals surface area contributed by atoms with Crippen LogP contribution in [0.4, 0.5) is 0 Å². The van der Waals surface area contributed by atoms with Crippen molar-refractivity contribution in [1.29, 1.82) is 0 Å². The molecular weight excluding hydrogens is 220 g/mol. The molecule has 0 saturated heterocycles. The van der Waals surface area contributed by atoms with Gasteiger partial charge in [0, 0.05) is 0 Å². The molecular formula is C16H30N2. The zero-order valence-corrected chi connectivity index (χ0v) is 11.8. The van der Waals surface area contributed by atoms with E-state index in [0.29, 0.717) is 11.3 Å². The van der Waals surface area contributed by atoms with Crippen LogP contribution in [0.3, 0.4) is 0 Å². The van der Waals surface area contributed by atoms with Crippen LogP contribution >= 0.6 is 0 Å². The normalized spacial score (nSPS) is 25.6. The highest BCUT2D eigenvalue weighted by Gasteiger charge is 2.39. The van der Waals surface area contributed by atoms with Gasteiger partial charge >= 0.3 is 0 Å². The van der Waals surface area contributed by atoms with Gasteiger partial charge in [-0.15, -0.1) is 0 Å². The van der Waals surface area contributed by atoms with Gasteiger partial charge in [0.1, 0.15) is 0 Å². The van der Waals surface area contributed by atoms with Gasteiger partial charge in [0.15, 0.2) is 0 Å². The van der Waals surface area contributed by atoms with E-state index in [2.05, 4.69) is 6.08 Å². The first-order valence-electron chi connectivity index (χ1n) is 7.91. The molecule has 0 heterocycles. The molecule has 1 fully saturated rings. The Labute approximate surface area is 112 Å². The summed E-state index contributed by atoms with van der Waals surface area (Å²) >= 11 is 0. The highest BCUT2D eigenvalue weighted by atomic mass is 14.6. The SMILES string of the molecule is NCCC1(C(CN)C2=CCCCC2)CCCCC1. The predicted molar refractivity (Wildman–Crippen MR) is 78.3 cm³/mol. The summed E-state index contributed by atoms with van der Waals surface area (Å²) in [7, 11) is 0. The van der Waals surface area contributed by atoms with Crippen molar-refractivity contribution in [3.63, 3.8) is 0 Å². The lowest BCUT2D eigenvalue weighted by atomic mass is 9.61. The van der Waals surface area contributed by atoms with Gasteiger partial charge in [0.2, 0.25) is 0 Å². The van der Waals surface area contributed by atoms with E-state index in [1.807, 2.05) is 0 Å².